The van der Waals surface area contributed by atoms with Crippen LogP contribution >= 0.6 is 11.6 Å². The minimum Gasteiger partial charge on any atom is -0.342 e. The SMILES string of the molecule is Cn1nccc1Nc1cc(-c2cc3n(c2)C[C@H](CF)n2c-3nnc2C2(C(F)(F)F)CCC2)c(Cl)cn1. The van der Waals surface area contributed by atoms with Crippen LogP contribution in [0.2, 0.25) is 5.02 Å². The van der Waals surface area contributed by atoms with Crippen LogP contribution in [0.4, 0.5) is 29.2 Å². The number of nitrogens with zero attached hydrogens (tertiary/aromatic N) is 7. The van der Waals surface area contributed by atoms with Crippen LogP contribution in [0.3, 0.4) is 0 Å². The number of pyridine rings is 1. The molecule has 0 saturated heterocycles. The highest BCUT2D eigenvalue weighted by Crippen LogP contribution is 2.55. The lowest BCUT2D eigenvalue weighted by molar-refractivity contribution is -0.216. The Morgan fingerprint density at radius 3 is 2.67 bits per heavy atom. The quantitative estimate of drug-likeness (QED) is 0.354. The molecule has 0 spiro atoms. The number of hydrogen-bond acceptors (Lipinski definition) is 5. The van der Waals surface area contributed by atoms with Gasteiger partial charge < -0.3 is 14.5 Å². The van der Waals surface area contributed by atoms with Crippen LogP contribution in [-0.2, 0) is 19.0 Å². The van der Waals surface area contributed by atoms with E-state index in [-0.39, 0.29) is 31.0 Å². The lowest BCUT2D eigenvalue weighted by Gasteiger charge is -2.43. The van der Waals surface area contributed by atoms with Gasteiger partial charge in [-0.15, -0.1) is 10.2 Å². The second-order valence-corrected chi connectivity index (χ2v) is 9.65. The van der Waals surface area contributed by atoms with E-state index in [9.17, 15) is 17.6 Å². The molecule has 4 aromatic heterocycles. The van der Waals surface area contributed by atoms with Gasteiger partial charge in [0.05, 0.1) is 23.0 Å². The molecule has 0 aromatic carbocycles. The number of anilines is 2. The number of alkyl halides is 4. The first-order valence-electron chi connectivity index (χ1n) is 11.4. The lowest BCUT2D eigenvalue weighted by atomic mass is 9.67. The predicted molar refractivity (Wildman–Crippen MR) is 125 cm³/mol. The monoisotopic (exact) mass is 520 g/mol. The summed E-state index contributed by atoms with van der Waals surface area (Å²) >= 11 is 6.47. The highest BCUT2D eigenvalue weighted by molar-refractivity contribution is 6.33. The molecule has 36 heavy (non-hydrogen) atoms. The molecule has 1 saturated carbocycles. The van der Waals surface area contributed by atoms with Gasteiger partial charge in [0.2, 0.25) is 0 Å². The summed E-state index contributed by atoms with van der Waals surface area (Å²) in [5.74, 6) is 1.29. The molecule has 1 fully saturated rings. The normalized spacial score (nSPS) is 18.4. The minimum atomic E-state index is -4.48. The Kier molecular flexibility index (Phi) is 5.15. The van der Waals surface area contributed by atoms with Gasteiger partial charge in [-0.2, -0.15) is 18.3 Å². The van der Waals surface area contributed by atoms with Crippen LogP contribution < -0.4 is 5.32 Å². The molecule has 8 nitrogen and oxygen atoms in total. The fourth-order valence-corrected chi connectivity index (χ4v) is 5.29. The molecule has 0 bridgehead atoms. The number of hydrogen-bond donors (Lipinski definition) is 1. The van der Waals surface area contributed by atoms with Crippen LogP contribution in [0.1, 0.15) is 31.1 Å². The van der Waals surface area contributed by atoms with E-state index in [0.717, 1.165) is 5.82 Å². The van der Waals surface area contributed by atoms with E-state index < -0.39 is 24.3 Å². The first kappa shape index (κ1) is 23.0. The summed E-state index contributed by atoms with van der Waals surface area (Å²) in [5.41, 5.74) is -0.161. The summed E-state index contributed by atoms with van der Waals surface area (Å²) in [5, 5.41) is 15.8. The van der Waals surface area contributed by atoms with Gasteiger partial charge in [0.15, 0.2) is 5.82 Å². The van der Waals surface area contributed by atoms with Gasteiger partial charge in [-0.3, -0.25) is 4.68 Å². The zero-order valence-corrected chi connectivity index (χ0v) is 19.9. The second-order valence-electron chi connectivity index (χ2n) is 9.24. The van der Waals surface area contributed by atoms with E-state index in [1.54, 1.807) is 46.9 Å². The molecular weight excluding hydrogens is 500 g/mol. The first-order valence-corrected chi connectivity index (χ1v) is 11.8. The van der Waals surface area contributed by atoms with E-state index in [4.69, 9.17) is 11.6 Å². The molecule has 0 amide bonds. The van der Waals surface area contributed by atoms with E-state index in [2.05, 4.69) is 25.6 Å². The maximum Gasteiger partial charge on any atom is 0.401 e. The maximum absolute atomic E-state index is 14.2. The Morgan fingerprint density at radius 1 is 1.22 bits per heavy atom. The van der Waals surface area contributed by atoms with Crippen molar-refractivity contribution in [2.24, 2.45) is 7.05 Å². The Balaban J connectivity index is 1.42. The highest BCUT2D eigenvalue weighted by Gasteiger charge is 2.62. The largest absolute Gasteiger partial charge is 0.401 e. The molecule has 6 rings (SSSR count). The number of fused-ring (bicyclic) bond motifs is 3. The third-order valence-electron chi connectivity index (χ3n) is 7.19. The number of rotatable bonds is 5. The van der Waals surface area contributed by atoms with Gasteiger partial charge >= 0.3 is 6.18 Å². The number of nitrogens with one attached hydrogen (secondary N) is 1. The van der Waals surface area contributed by atoms with Crippen molar-refractivity contribution < 1.29 is 17.6 Å². The zero-order valence-electron chi connectivity index (χ0n) is 19.1. The summed E-state index contributed by atoms with van der Waals surface area (Å²) in [6.07, 6.45) is 0.784. The van der Waals surface area contributed by atoms with Crippen molar-refractivity contribution in [3.8, 4) is 22.6 Å². The van der Waals surface area contributed by atoms with Crippen molar-refractivity contribution in [3.63, 3.8) is 0 Å². The first-order chi connectivity index (χ1) is 17.2. The van der Waals surface area contributed by atoms with Crippen LogP contribution in [-0.4, -0.2) is 46.9 Å². The summed E-state index contributed by atoms with van der Waals surface area (Å²) in [6, 6.07) is 4.51. The highest BCUT2D eigenvalue weighted by atomic mass is 35.5. The third kappa shape index (κ3) is 3.34. The Hall–Kier alpha value is -3.41. The molecule has 188 valence electrons. The fourth-order valence-electron chi connectivity index (χ4n) is 5.08. The molecule has 13 heteroatoms. The molecule has 1 atom stereocenters. The zero-order chi connectivity index (χ0) is 25.2. The van der Waals surface area contributed by atoms with Gasteiger partial charge in [0.1, 0.15) is 29.5 Å². The van der Waals surface area contributed by atoms with Gasteiger partial charge in [-0.05, 0) is 25.0 Å². The molecule has 0 unspecified atom stereocenters. The maximum atomic E-state index is 14.2. The molecular formula is C23H21ClF4N8. The fraction of sp³-hybridized carbons (Fsp3) is 0.391. The molecule has 1 aliphatic carbocycles. The van der Waals surface area contributed by atoms with Crippen molar-refractivity contribution in [3.05, 3.63) is 47.6 Å². The number of aromatic nitrogens is 7. The summed E-state index contributed by atoms with van der Waals surface area (Å²) in [6.45, 7) is -0.686. The molecule has 1 N–H and O–H groups in total. The standard InChI is InChI=1S/C23H21ClF4N8/c1-34-19(3-6-30-34)31-18-8-15(16(24)10-29-18)13-7-17-20-32-33-21(22(4-2-5-22)23(26,27)28)36(20)14(9-25)12-35(17)11-13/h3,6-8,10-11,14H,2,4-5,9,12H2,1H3,(H,29,31)/t14-/m0/s1. The topological polar surface area (TPSA) is 78.4 Å². The molecule has 0 radical (unpaired) electrons. The van der Waals surface area contributed by atoms with Gasteiger partial charge in [-0.1, -0.05) is 18.0 Å². The Labute approximate surface area is 207 Å². The predicted octanol–water partition coefficient (Wildman–Crippen LogP) is 5.45. The Morgan fingerprint density at radius 2 is 2.03 bits per heavy atom. The van der Waals surface area contributed by atoms with Gasteiger partial charge in [0.25, 0.3) is 0 Å². The molecule has 2 aliphatic rings. The van der Waals surface area contributed by atoms with E-state index in [1.807, 2.05) is 0 Å². The summed E-state index contributed by atoms with van der Waals surface area (Å²) < 4.78 is 61.2. The third-order valence-corrected chi connectivity index (χ3v) is 7.49. The Bertz CT molecular complexity index is 1450. The van der Waals surface area contributed by atoms with Gasteiger partial charge in [-0.25, -0.2) is 9.37 Å². The average Bonchev–Trinajstić information content (AvgIpc) is 3.51. The van der Waals surface area contributed by atoms with Crippen molar-refractivity contribution >= 4 is 23.2 Å². The van der Waals surface area contributed by atoms with Crippen molar-refractivity contribution in [1.29, 1.82) is 0 Å². The summed E-state index contributed by atoms with van der Waals surface area (Å²) in [4.78, 5) is 4.32. The lowest BCUT2D eigenvalue weighted by Crippen LogP contribution is -2.50. The van der Waals surface area contributed by atoms with E-state index >= 15 is 0 Å². The van der Waals surface area contributed by atoms with Crippen LogP contribution in [0.25, 0.3) is 22.6 Å². The van der Waals surface area contributed by atoms with E-state index in [0.29, 0.717) is 34.1 Å². The smallest absolute Gasteiger partial charge is 0.342 e. The van der Waals surface area contributed by atoms with Crippen molar-refractivity contribution in [2.75, 3.05) is 12.0 Å². The summed E-state index contributed by atoms with van der Waals surface area (Å²) in [7, 11) is 1.79. The molecule has 5 heterocycles. The minimum absolute atomic E-state index is 0.0705. The van der Waals surface area contributed by atoms with Crippen LogP contribution in [0.5, 0.6) is 0 Å². The van der Waals surface area contributed by atoms with Crippen LogP contribution in [0, 0.1) is 0 Å². The van der Waals surface area contributed by atoms with Gasteiger partial charge in [0, 0.05) is 43.2 Å². The average molecular weight is 521 g/mol. The van der Waals surface area contributed by atoms with Crippen molar-refractivity contribution in [2.45, 2.75) is 43.4 Å². The van der Waals surface area contributed by atoms with Crippen LogP contribution in [0.15, 0.2) is 36.8 Å². The van der Waals surface area contributed by atoms with E-state index in [1.165, 1.54) is 10.8 Å². The number of halogens is 5. The van der Waals surface area contributed by atoms with Crippen molar-refractivity contribution in [1.82, 2.24) is 34.1 Å². The second kappa shape index (κ2) is 8.05. The number of aryl methyl sites for hydroxylation is 1. The molecule has 4 aromatic rings. The molecule has 1 aliphatic heterocycles.